The highest BCUT2D eigenvalue weighted by atomic mass is 16.5. The van der Waals surface area contributed by atoms with Crippen molar-refractivity contribution in [2.45, 2.75) is 26.9 Å². The quantitative estimate of drug-likeness (QED) is 0.760. The minimum atomic E-state index is -0.248. The molecule has 0 bridgehead atoms. The van der Waals surface area contributed by atoms with Crippen LogP contribution in [0.5, 0.6) is 11.5 Å². The van der Waals surface area contributed by atoms with Crippen molar-refractivity contribution in [2.24, 2.45) is 7.05 Å². The second-order valence-corrected chi connectivity index (χ2v) is 6.29. The molecule has 2 aromatic heterocycles. The summed E-state index contributed by atoms with van der Waals surface area (Å²) in [6, 6.07) is 6.97. The maximum atomic E-state index is 12.6. The molecule has 0 fully saturated rings. The summed E-state index contributed by atoms with van der Waals surface area (Å²) in [7, 11) is 3.39. The standard InChI is InChI=1S/C19H22N4O3/c1-11(2)26-16-7-6-13(8-17(16)25-5)19(24)21-14-9-15-12(3)22-23(4)18(15)20-10-14/h6-11H,1-5H3,(H,21,24). The Morgan fingerprint density at radius 2 is 2.00 bits per heavy atom. The average Bonchev–Trinajstić information content (AvgIpc) is 2.88. The number of anilines is 1. The molecule has 1 aromatic carbocycles. The third-order valence-corrected chi connectivity index (χ3v) is 3.91. The SMILES string of the molecule is COc1cc(C(=O)Nc2cnc3c(c2)c(C)nn3C)ccc1OC(C)C. The Morgan fingerprint density at radius 3 is 2.69 bits per heavy atom. The normalized spacial score (nSPS) is 11.0. The van der Waals surface area contributed by atoms with Crippen molar-refractivity contribution in [1.29, 1.82) is 0 Å². The zero-order valence-corrected chi connectivity index (χ0v) is 15.5. The molecule has 3 rings (SSSR count). The van der Waals surface area contributed by atoms with Crippen LogP contribution in [-0.2, 0) is 7.05 Å². The van der Waals surface area contributed by atoms with E-state index in [-0.39, 0.29) is 12.0 Å². The van der Waals surface area contributed by atoms with Crippen molar-refractivity contribution in [3.63, 3.8) is 0 Å². The van der Waals surface area contributed by atoms with Crippen molar-refractivity contribution >= 4 is 22.6 Å². The van der Waals surface area contributed by atoms with Crippen molar-refractivity contribution in [3.05, 3.63) is 41.7 Å². The van der Waals surface area contributed by atoms with E-state index in [1.807, 2.05) is 33.9 Å². The van der Waals surface area contributed by atoms with Crippen LogP contribution in [0.1, 0.15) is 29.9 Å². The molecule has 0 saturated heterocycles. The van der Waals surface area contributed by atoms with Gasteiger partial charge in [-0.15, -0.1) is 0 Å². The molecule has 7 heteroatoms. The molecule has 136 valence electrons. The number of carbonyl (C=O) groups is 1. The van der Waals surface area contributed by atoms with E-state index in [2.05, 4.69) is 15.4 Å². The van der Waals surface area contributed by atoms with E-state index < -0.39 is 0 Å². The number of aryl methyl sites for hydroxylation is 2. The van der Waals surface area contributed by atoms with E-state index in [0.717, 1.165) is 16.7 Å². The van der Waals surface area contributed by atoms with Crippen molar-refractivity contribution < 1.29 is 14.3 Å². The van der Waals surface area contributed by atoms with Crippen LogP contribution in [0.25, 0.3) is 11.0 Å². The molecule has 0 atom stereocenters. The number of methoxy groups -OCH3 is 1. The first kappa shape index (κ1) is 17.7. The monoisotopic (exact) mass is 354 g/mol. The first-order valence-electron chi connectivity index (χ1n) is 8.34. The molecule has 3 aromatic rings. The Balaban J connectivity index is 1.84. The number of nitrogens with one attached hydrogen (secondary N) is 1. The number of rotatable bonds is 5. The molecule has 0 radical (unpaired) electrons. The summed E-state index contributed by atoms with van der Waals surface area (Å²) in [5.41, 5.74) is 2.72. The summed E-state index contributed by atoms with van der Waals surface area (Å²) in [5.74, 6) is 0.873. The summed E-state index contributed by atoms with van der Waals surface area (Å²) in [4.78, 5) is 17.0. The van der Waals surface area contributed by atoms with Crippen molar-refractivity contribution in [1.82, 2.24) is 14.8 Å². The number of benzene rings is 1. The summed E-state index contributed by atoms with van der Waals surface area (Å²) < 4.78 is 12.7. The lowest BCUT2D eigenvalue weighted by Crippen LogP contribution is -2.13. The molecule has 7 nitrogen and oxygen atoms in total. The number of ether oxygens (including phenoxy) is 2. The van der Waals surface area contributed by atoms with Gasteiger partial charge in [0.25, 0.3) is 5.91 Å². The van der Waals surface area contributed by atoms with E-state index in [0.29, 0.717) is 22.7 Å². The molecule has 0 aliphatic heterocycles. The van der Waals surface area contributed by atoms with E-state index >= 15 is 0 Å². The molecule has 26 heavy (non-hydrogen) atoms. The second kappa shape index (κ2) is 7.03. The van der Waals surface area contributed by atoms with Gasteiger partial charge in [-0.3, -0.25) is 9.48 Å². The summed E-state index contributed by atoms with van der Waals surface area (Å²) in [6.07, 6.45) is 1.64. The van der Waals surface area contributed by atoms with Gasteiger partial charge in [0.05, 0.1) is 30.8 Å². The number of pyridine rings is 1. The van der Waals surface area contributed by atoms with Gasteiger partial charge in [0, 0.05) is 18.0 Å². The number of carbonyl (C=O) groups excluding carboxylic acids is 1. The zero-order chi connectivity index (χ0) is 18.8. The Morgan fingerprint density at radius 1 is 1.23 bits per heavy atom. The van der Waals surface area contributed by atoms with Crippen LogP contribution in [0.15, 0.2) is 30.5 Å². The van der Waals surface area contributed by atoms with Gasteiger partial charge in [0.15, 0.2) is 17.1 Å². The molecule has 0 unspecified atom stereocenters. The number of nitrogens with zero attached hydrogens (tertiary/aromatic N) is 3. The molecule has 2 heterocycles. The number of amides is 1. The lowest BCUT2D eigenvalue weighted by atomic mass is 10.1. The van der Waals surface area contributed by atoms with Crippen LogP contribution >= 0.6 is 0 Å². The van der Waals surface area contributed by atoms with Gasteiger partial charge in [0.2, 0.25) is 0 Å². The topological polar surface area (TPSA) is 78.3 Å². The number of hydrogen-bond donors (Lipinski definition) is 1. The molecule has 0 spiro atoms. The minimum Gasteiger partial charge on any atom is -0.493 e. The Kier molecular flexibility index (Phi) is 4.79. The Bertz CT molecular complexity index is 963. The zero-order valence-electron chi connectivity index (χ0n) is 15.5. The summed E-state index contributed by atoms with van der Waals surface area (Å²) in [5, 5.41) is 8.11. The van der Waals surface area contributed by atoms with Gasteiger partial charge in [0.1, 0.15) is 0 Å². The Labute approximate surface area is 151 Å². The maximum Gasteiger partial charge on any atom is 0.255 e. The highest BCUT2D eigenvalue weighted by Crippen LogP contribution is 2.29. The third kappa shape index (κ3) is 3.46. The van der Waals surface area contributed by atoms with E-state index in [1.54, 1.807) is 36.2 Å². The van der Waals surface area contributed by atoms with Gasteiger partial charge in [-0.05, 0) is 45.0 Å². The van der Waals surface area contributed by atoms with E-state index in [9.17, 15) is 4.79 Å². The fraction of sp³-hybridized carbons (Fsp3) is 0.316. The molecule has 1 amide bonds. The summed E-state index contributed by atoms with van der Waals surface area (Å²) in [6.45, 7) is 5.78. The van der Waals surface area contributed by atoms with Crippen LogP contribution in [-0.4, -0.2) is 33.9 Å². The van der Waals surface area contributed by atoms with E-state index in [1.165, 1.54) is 0 Å². The first-order valence-corrected chi connectivity index (χ1v) is 8.34. The predicted molar refractivity (Wildman–Crippen MR) is 100.0 cm³/mol. The smallest absolute Gasteiger partial charge is 0.255 e. The fourth-order valence-corrected chi connectivity index (χ4v) is 2.74. The second-order valence-electron chi connectivity index (χ2n) is 6.29. The predicted octanol–water partition coefficient (Wildman–Crippen LogP) is 3.32. The maximum absolute atomic E-state index is 12.6. The van der Waals surface area contributed by atoms with Gasteiger partial charge in [-0.2, -0.15) is 5.10 Å². The summed E-state index contributed by atoms with van der Waals surface area (Å²) >= 11 is 0. The van der Waals surface area contributed by atoms with Crippen molar-refractivity contribution in [2.75, 3.05) is 12.4 Å². The highest BCUT2D eigenvalue weighted by Gasteiger charge is 2.14. The number of fused-ring (bicyclic) bond motifs is 1. The fourth-order valence-electron chi connectivity index (χ4n) is 2.74. The minimum absolute atomic E-state index is 0.0177. The van der Waals surface area contributed by atoms with Crippen molar-refractivity contribution in [3.8, 4) is 11.5 Å². The van der Waals surface area contributed by atoms with Gasteiger partial charge in [-0.1, -0.05) is 0 Å². The van der Waals surface area contributed by atoms with E-state index in [4.69, 9.17) is 9.47 Å². The lowest BCUT2D eigenvalue weighted by molar-refractivity contribution is 0.102. The van der Waals surface area contributed by atoms with Gasteiger partial charge >= 0.3 is 0 Å². The molecule has 0 saturated carbocycles. The molecular weight excluding hydrogens is 332 g/mol. The average molecular weight is 354 g/mol. The van der Waals surface area contributed by atoms with Crippen LogP contribution in [0, 0.1) is 6.92 Å². The Hall–Kier alpha value is -3.09. The van der Waals surface area contributed by atoms with Crippen LogP contribution < -0.4 is 14.8 Å². The molecule has 1 N–H and O–H groups in total. The van der Waals surface area contributed by atoms with Gasteiger partial charge in [-0.25, -0.2) is 4.98 Å². The largest absolute Gasteiger partial charge is 0.493 e. The first-order chi connectivity index (χ1) is 12.4. The van der Waals surface area contributed by atoms with Gasteiger partial charge < -0.3 is 14.8 Å². The molecule has 0 aliphatic carbocycles. The van der Waals surface area contributed by atoms with Crippen LogP contribution in [0.3, 0.4) is 0 Å². The van der Waals surface area contributed by atoms with Crippen LogP contribution in [0.2, 0.25) is 0 Å². The molecule has 0 aliphatic rings. The highest BCUT2D eigenvalue weighted by molar-refractivity contribution is 6.05. The number of hydrogen-bond acceptors (Lipinski definition) is 5. The number of aromatic nitrogens is 3. The third-order valence-electron chi connectivity index (χ3n) is 3.91. The lowest BCUT2D eigenvalue weighted by Gasteiger charge is -2.14. The molecular formula is C19H22N4O3. The van der Waals surface area contributed by atoms with Crippen LogP contribution in [0.4, 0.5) is 5.69 Å².